The summed E-state index contributed by atoms with van der Waals surface area (Å²) in [6.07, 6.45) is -5.56. The van der Waals surface area contributed by atoms with Crippen LogP contribution in [0.25, 0.3) is 0 Å². The molecule has 1 atom stereocenters. The number of carboxylic acid groups (broad SMARTS) is 1. The van der Waals surface area contributed by atoms with Gasteiger partial charge in [-0.1, -0.05) is 6.07 Å². The van der Waals surface area contributed by atoms with Gasteiger partial charge in [-0.2, -0.15) is 13.2 Å². The van der Waals surface area contributed by atoms with Crippen molar-refractivity contribution in [2.24, 2.45) is 0 Å². The van der Waals surface area contributed by atoms with Crippen molar-refractivity contribution in [3.63, 3.8) is 0 Å². The number of aromatic hydroxyl groups is 1. The highest BCUT2D eigenvalue weighted by Gasteiger charge is 2.40. The third-order valence-corrected chi connectivity index (χ3v) is 2.54. The highest BCUT2D eigenvalue weighted by atomic mass is 19.4. The number of carbonyl (C=O) groups excluding carboxylic acids is 1. The molecular formula is C12H12F3NO5. The molecule has 9 heteroatoms. The van der Waals surface area contributed by atoms with Crippen LogP contribution in [0.1, 0.15) is 5.56 Å². The first kappa shape index (κ1) is 16.6. The fourth-order valence-electron chi connectivity index (χ4n) is 1.52. The Bertz CT molecular complexity index is 544. The maximum absolute atomic E-state index is 12.1. The van der Waals surface area contributed by atoms with E-state index in [4.69, 9.17) is 9.84 Å². The van der Waals surface area contributed by atoms with Gasteiger partial charge in [-0.05, 0) is 17.7 Å². The lowest BCUT2D eigenvalue weighted by molar-refractivity contribution is -0.175. The number of hydrogen-bond donors (Lipinski definition) is 3. The smallest absolute Gasteiger partial charge is 0.471 e. The van der Waals surface area contributed by atoms with Crippen molar-refractivity contribution in [1.29, 1.82) is 0 Å². The summed E-state index contributed by atoms with van der Waals surface area (Å²) in [6, 6.07) is 2.03. The van der Waals surface area contributed by atoms with Crippen LogP contribution in [0.15, 0.2) is 18.2 Å². The lowest BCUT2D eigenvalue weighted by Gasteiger charge is -2.16. The molecular weight excluding hydrogens is 295 g/mol. The molecule has 3 N–H and O–H groups in total. The Morgan fingerprint density at radius 3 is 2.48 bits per heavy atom. The topological polar surface area (TPSA) is 95.9 Å². The lowest BCUT2D eigenvalue weighted by atomic mass is 10.1. The molecule has 1 rings (SSSR count). The van der Waals surface area contributed by atoms with Gasteiger partial charge in [-0.15, -0.1) is 0 Å². The van der Waals surface area contributed by atoms with Gasteiger partial charge >= 0.3 is 18.1 Å². The molecule has 1 aromatic rings. The van der Waals surface area contributed by atoms with Gasteiger partial charge in [0.05, 0.1) is 7.11 Å². The van der Waals surface area contributed by atoms with Crippen molar-refractivity contribution < 1.29 is 37.7 Å². The molecule has 1 aromatic carbocycles. The number of carbonyl (C=O) groups is 2. The Balaban J connectivity index is 2.89. The highest BCUT2D eigenvalue weighted by molar-refractivity contribution is 5.87. The van der Waals surface area contributed by atoms with E-state index in [1.54, 1.807) is 0 Å². The summed E-state index contributed by atoms with van der Waals surface area (Å²) in [5.74, 6) is -4.11. The van der Waals surface area contributed by atoms with Crippen LogP contribution >= 0.6 is 0 Å². The number of hydrogen-bond acceptors (Lipinski definition) is 4. The van der Waals surface area contributed by atoms with Crippen molar-refractivity contribution in [3.05, 3.63) is 23.8 Å². The van der Waals surface area contributed by atoms with Gasteiger partial charge in [0.1, 0.15) is 6.04 Å². The number of phenolic OH excluding ortho intramolecular Hbond substituents is 1. The molecule has 0 aliphatic heterocycles. The average Bonchev–Trinajstić information content (AvgIpc) is 2.38. The zero-order chi connectivity index (χ0) is 16.2. The summed E-state index contributed by atoms with van der Waals surface area (Å²) < 4.78 is 41.2. The number of ether oxygens (including phenoxy) is 1. The SMILES string of the molecule is COc1cc(C[C@H](NC(=O)C(F)(F)F)C(=O)O)ccc1O. The molecule has 6 nitrogen and oxygen atoms in total. The van der Waals surface area contributed by atoms with Crippen molar-refractivity contribution in [2.45, 2.75) is 18.6 Å². The molecule has 0 bridgehead atoms. The maximum atomic E-state index is 12.1. The van der Waals surface area contributed by atoms with Crippen molar-refractivity contribution in [1.82, 2.24) is 5.32 Å². The normalized spacial score (nSPS) is 12.6. The van der Waals surface area contributed by atoms with Crippen LogP contribution in [0, 0.1) is 0 Å². The number of nitrogens with one attached hydrogen (secondary N) is 1. The summed E-state index contributed by atoms with van der Waals surface area (Å²) in [4.78, 5) is 21.7. The van der Waals surface area contributed by atoms with Crippen LogP contribution in [-0.2, 0) is 16.0 Å². The summed E-state index contributed by atoms with van der Waals surface area (Å²) in [6.45, 7) is 0. The van der Waals surface area contributed by atoms with Crippen LogP contribution in [0.4, 0.5) is 13.2 Å². The first-order chi connectivity index (χ1) is 9.65. The Morgan fingerprint density at radius 2 is 2.00 bits per heavy atom. The van der Waals surface area contributed by atoms with E-state index in [9.17, 15) is 27.9 Å². The molecule has 0 heterocycles. The van der Waals surface area contributed by atoms with Crippen molar-refractivity contribution in [3.8, 4) is 11.5 Å². The van der Waals surface area contributed by atoms with E-state index in [1.165, 1.54) is 30.6 Å². The number of phenols is 1. The van der Waals surface area contributed by atoms with Gasteiger partial charge in [0, 0.05) is 6.42 Å². The number of amides is 1. The third kappa shape index (κ3) is 4.55. The van der Waals surface area contributed by atoms with E-state index in [0.29, 0.717) is 0 Å². The van der Waals surface area contributed by atoms with Crippen LogP contribution in [0.3, 0.4) is 0 Å². The fourth-order valence-corrected chi connectivity index (χ4v) is 1.52. The predicted molar refractivity (Wildman–Crippen MR) is 64.0 cm³/mol. The lowest BCUT2D eigenvalue weighted by Crippen LogP contribution is -2.47. The van der Waals surface area contributed by atoms with E-state index in [0.717, 1.165) is 0 Å². The van der Waals surface area contributed by atoms with E-state index in [-0.39, 0.29) is 17.1 Å². The molecule has 0 aliphatic carbocycles. The standard InChI is InChI=1S/C12H12F3NO5/c1-21-9-5-6(2-3-8(9)17)4-7(10(18)19)16-11(20)12(13,14)15/h2-3,5,7,17H,4H2,1H3,(H,16,20)(H,18,19)/t7-/m0/s1. The second kappa shape index (κ2) is 6.33. The second-order valence-corrected chi connectivity index (χ2v) is 4.07. The number of benzene rings is 1. The number of aliphatic carboxylic acids is 1. The molecule has 0 fully saturated rings. The fraction of sp³-hybridized carbons (Fsp3) is 0.333. The third-order valence-electron chi connectivity index (χ3n) is 2.54. The maximum Gasteiger partial charge on any atom is 0.471 e. The molecule has 0 radical (unpaired) electrons. The van der Waals surface area contributed by atoms with Gasteiger partial charge < -0.3 is 20.3 Å². The molecule has 0 aliphatic rings. The number of alkyl halides is 3. The predicted octanol–water partition coefficient (Wildman–Crippen LogP) is 1.07. The monoisotopic (exact) mass is 307 g/mol. The van der Waals surface area contributed by atoms with Gasteiger partial charge in [-0.25, -0.2) is 4.79 Å². The Morgan fingerprint density at radius 1 is 1.38 bits per heavy atom. The molecule has 0 saturated carbocycles. The number of rotatable bonds is 5. The van der Waals surface area contributed by atoms with Gasteiger partial charge in [0.15, 0.2) is 11.5 Å². The van der Waals surface area contributed by atoms with Crippen LogP contribution in [0.5, 0.6) is 11.5 Å². The first-order valence-corrected chi connectivity index (χ1v) is 5.61. The Kier molecular flexibility index (Phi) is 5.01. The quantitative estimate of drug-likeness (QED) is 0.756. The Hall–Kier alpha value is -2.45. The van der Waals surface area contributed by atoms with Crippen LogP contribution in [-0.4, -0.2) is 41.4 Å². The summed E-state index contributed by atoms with van der Waals surface area (Å²) in [7, 11) is 1.26. The molecule has 1 amide bonds. The van der Waals surface area contributed by atoms with Gasteiger partial charge in [0.25, 0.3) is 0 Å². The summed E-state index contributed by atoms with van der Waals surface area (Å²) in [5.41, 5.74) is 0.277. The number of methoxy groups -OCH3 is 1. The van der Waals surface area contributed by atoms with E-state index < -0.39 is 30.5 Å². The van der Waals surface area contributed by atoms with Gasteiger partial charge in [0.2, 0.25) is 0 Å². The van der Waals surface area contributed by atoms with Crippen LogP contribution < -0.4 is 10.1 Å². The van der Waals surface area contributed by atoms with E-state index >= 15 is 0 Å². The summed E-state index contributed by atoms with van der Waals surface area (Å²) in [5, 5.41) is 19.6. The zero-order valence-corrected chi connectivity index (χ0v) is 10.8. The first-order valence-electron chi connectivity index (χ1n) is 5.61. The van der Waals surface area contributed by atoms with Crippen LogP contribution in [0.2, 0.25) is 0 Å². The highest BCUT2D eigenvalue weighted by Crippen LogP contribution is 2.26. The molecule has 0 saturated heterocycles. The minimum Gasteiger partial charge on any atom is -0.504 e. The largest absolute Gasteiger partial charge is 0.504 e. The summed E-state index contributed by atoms with van der Waals surface area (Å²) >= 11 is 0. The second-order valence-electron chi connectivity index (χ2n) is 4.07. The van der Waals surface area contributed by atoms with Crippen molar-refractivity contribution in [2.75, 3.05) is 7.11 Å². The van der Waals surface area contributed by atoms with Crippen molar-refractivity contribution >= 4 is 11.9 Å². The zero-order valence-electron chi connectivity index (χ0n) is 10.8. The van der Waals surface area contributed by atoms with E-state index in [1.807, 2.05) is 0 Å². The van der Waals surface area contributed by atoms with E-state index in [2.05, 4.69) is 0 Å². The minimum atomic E-state index is -5.17. The molecule has 21 heavy (non-hydrogen) atoms. The Labute approximate surface area is 117 Å². The average molecular weight is 307 g/mol. The number of halogens is 3. The minimum absolute atomic E-state index is 0.0405. The number of carboxylic acids is 1. The van der Waals surface area contributed by atoms with Gasteiger partial charge in [-0.3, -0.25) is 4.79 Å². The molecule has 116 valence electrons. The molecule has 0 spiro atoms. The molecule has 0 unspecified atom stereocenters. The molecule has 0 aromatic heterocycles.